The minimum Gasteiger partial charge on any atom is -0.483 e. The number of nitrogens with one attached hydrogen (secondary N) is 1. The number of carbonyl (C=O) groups excluding carboxylic acids is 1. The minimum atomic E-state index is -0.182. The third-order valence-corrected chi connectivity index (χ3v) is 2.46. The van der Waals surface area contributed by atoms with Crippen LogP contribution in [0.25, 0.3) is 0 Å². The van der Waals surface area contributed by atoms with Gasteiger partial charge in [-0.15, -0.1) is 0 Å². The average molecular weight is 243 g/mol. The summed E-state index contributed by atoms with van der Waals surface area (Å²) in [4.78, 5) is 11.0. The lowest BCUT2D eigenvalue weighted by Gasteiger charge is -2.11. The first kappa shape index (κ1) is 12.8. The van der Waals surface area contributed by atoms with Crippen LogP contribution in [0.15, 0.2) is 18.2 Å². The van der Waals surface area contributed by atoms with E-state index >= 15 is 0 Å². The van der Waals surface area contributed by atoms with Crippen LogP contribution < -0.4 is 15.8 Å². The highest BCUT2D eigenvalue weighted by Crippen LogP contribution is 2.26. The second-order valence-corrected chi connectivity index (χ2v) is 3.62. The van der Waals surface area contributed by atoms with Crippen LogP contribution in [0.5, 0.6) is 5.75 Å². The first-order chi connectivity index (χ1) is 7.69. The molecule has 0 fully saturated rings. The van der Waals surface area contributed by atoms with E-state index in [-0.39, 0.29) is 12.5 Å². The molecule has 0 saturated heterocycles. The number of halogens is 1. The Bertz CT molecular complexity index is 369. The predicted molar refractivity (Wildman–Crippen MR) is 63.8 cm³/mol. The Morgan fingerprint density at radius 2 is 2.31 bits per heavy atom. The fourth-order valence-electron chi connectivity index (χ4n) is 1.28. The van der Waals surface area contributed by atoms with E-state index in [4.69, 9.17) is 22.1 Å². The summed E-state index contributed by atoms with van der Waals surface area (Å²) in [6.07, 6.45) is 0.628. The monoisotopic (exact) mass is 242 g/mol. The third-order valence-electron chi connectivity index (χ3n) is 2.11. The Hall–Kier alpha value is -1.26. The van der Waals surface area contributed by atoms with Gasteiger partial charge in [-0.3, -0.25) is 4.79 Å². The fraction of sp³-hybridized carbons (Fsp3) is 0.364. The van der Waals surface area contributed by atoms with Crippen molar-refractivity contribution < 1.29 is 9.53 Å². The lowest BCUT2D eigenvalue weighted by Crippen LogP contribution is -2.25. The van der Waals surface area contributed by atoms with Crippen LogP contribution in [0.3, 0.4) is 0 Å². The normalized spacial score (nSPS) is 9.94. The molecule has 1 aromatic carbocycles. The smallest absolute Gasteiger partial charge is 0.257 e. The summed E-state index contributed by atoms with van der Waals surface area (Å²) in [7, 11) is 1.56. The molecule has 0 heterocycles. The molecule has 0 spiro atoms. The van der Waals surface area contributed by atoms with Crippen LogP contribution in [0.4, 0.5) is 0 Å². The SMILES string of the molecule is CNC(=O)COc1cccc(Cl)c1CCN. The molecule has 0 aromatic heterocycles. The van der Waals surface area contributed by atoms with Gasteiger partial charge in [0, 0.05) is 17.6 Å². The van der Waals surface area contributed by atoms with E-state index < -0.39 is 0 Å². The average Bonchev–Trinajstić information content (AvgIpc) is 2.29. The molecule has 0 aliphatic rings. The van der Waals surface area contributed by atoms with E-state index in [1.54, 1.807) is 25.2 Å². The Morgan fingerprint density at radius 1 is 1.56 bits per heavy atom. The summed E-state index contributed by atoms with van der Waals surface area (Å²) in [5, 5.41) is 3.09. The summed E-state index contributed by atoms with van der Waals surface area (Å²) < 4.78 is 5.37. The number of carbonyl (C=O) groups is 1. The zero-order valence-electron chi connectivity index (χ0n) is 9.13. The second-order valence-electron chi connectivity index (χ2n) is 3.22. The highest BCUT2D eigenvalue weighted by atomic mass is 35.5. The molecule has 0 saturated carbocycles. The van der Waals surface area contributed by atoms with Gasteiger partial charge < -0.3 is 15.8 Å². The highest BCUT2D eigenvalue weighted by molar-refractivity contribution is 6.31. The van der Waals surface area contributed by atoms with Crippen molar-refractivity contribution in [1.82, 2.24) is 5.32 Å². The van der Waals surface area contributed by atoms with E-state index in [1.807, 2.05) is 0 Å². The maximum atomic E-state index is 11.0. The number of amides is 1. The zero-order chi connectivity index (χ0) is 12.0. The molecule has 5 heteroatoms. The van der Waals surface area contributed by atoms with Crippen molar-refractivity contribution in [3.8, 4) is 5.75 Å². The van der Waals surface area contributed by atoms with Gasteiger partial charge in [-0.2, -0.15) is 0 Å². The van der Waals surface area contributed by atoms with Crippen molar-refractivity contribution in [2.45, 2.75) is 6.42 Å². The van der Waals surface area contributed by atoms with E-state index in [1.165, 1.54) is 0 Å². The minimum absolute atomic E-state index is 0.0194. The van der Waals surface area contributed by atoms with Crippen LogP contribution in [0, 0.1) is 0 Å². The molecule has 0 bridgehead atoms. The van der Waals surface area contributed by atoms with Crippen molar-refractivity contribution in [3.05, 3.63) is 28.8 Å². The number of benzene rings is 1. The number of rotatable bonds is 5. The zero-order valence-corrected chi connectivity index (χ0v) is 9.88. The van der Waals surface area contributed by atoms with Crippen LogP contribution in [0.2, 0.25) is 5.02 Å². The summed E-state index contributed by atoms with van der Waals surface area (Å²) in [6.45, 7) is 0.467. The molecule has 0 atom stereocenters. The lowest BCUT2D eigenvalue weighted by atomic mass is 10.1. The van der Waals surface area contributed by atoms with Gasteiger partial charge in [-0.1, -0.05) is 17.7 Å². The lowest BCUT2D eigenvalue weighted by molar-refractivity contribution is -0.122. The molecule has 1 amide bonds. The Kier molecular flexibility index (Phi) is 5.08. The van der Waals surface area contributed by atoms with Crippen LogP contribution in [0.1, 0.15) is 5.56 Å². The topological polar surface area (TPSA) is 64.3 Å². The van der Waals surface area contributed by atoms with Crippen LogP contribution in [-0.2, 0) is 11.2 Å². The standard InChI is InChI=1S/C11H15ClN2O2/c1-14-11(15)7-16-10-4-2-3-9(12)8(10)5-6-13/h2-4H,5-7,13H2,1H3,(H,14,15). The number of hydrogen-bond acceptors (Lipinski definition) is 3. The number of likely N-dealkylation sites (N-methyl/N-ethyl adjacent to an activating group) is 1. The van der Waals surface area contributed by atoms with E-state index in [0.717, 1.165) is 5.56 Å². The molecule has 0 unspecified atom stereocenters. The van der Waals surface area contributed by atoms with Gasteiger partial charge in [-0.05, 0) is 25.1 Å². The highest BCUT2D eigenvalue weighted by Gasteiger charge is 2.08. The maximum absolute atomic E-state index is 11.0. The van der Waals surface area contributed by atoms with Gasteiger partial charge in [0.1, 0.15) is 5.75 Å². The second kappa shape index (κ2) is 6.35. The van der Waals surface area contributed by atoms with Gasteiger partial charge in [0.2, 0.25) is 0 Å². The molecule has 0 radical (unpaired) electrons. The molecule has 88 valence electrons. The van der Waals surface area contributed by atoms with Gasteiger partial charge >= 0.3 is 0 Å². The van der Waals surface area contributed by atoms with E-state index in [0.29, 0.717) is 23.7 Å². The number of ether oxygens (including phenoxy) is 1. The fourth-order valence-corrected chi connectivity index (χ4v) is 1.54. The first-order valence-corrected chi connectivity index (χ1v) is 5.37. The van der Waals surface area contributed by atoms with Crippen molar-refractivity contribution >= 4 is 17.5 Å². The van der Waals surface area contributed by atoms with Crippen molar-refractivity contribution in [2.24, 2.45) is 5.73 Å². The summed E-state index contributed by atoms with van der Waals surface area (Å²) in [6, 6.07) is 5.33. The molecule has 0 aliphatic carbocycles. The largest absolute Gasteiger partial charge is 0.483 e. The van der Waals surface area contributed by atoms with Gasteiger partial charge in [-0.25, -0.2) is 0 Å². The molecule has 3 N–H and O–H groups in total. The third kappa shape index (κ3) is 3.40. The number of hydrogen-bond donors (Lipinski definition) is 2. The molecule has 1 aromatic rings. The summed E-state index contributed by atoms with van der Waals surface area (Å²) in [5.41, 5.74) is 6.33. The Balaban J connectivity index is 2.78. The van der Waals surface area contributed by atoms with E-state index in [2.05, 4.69) is 5.32 Å². The molecule has 16 heavy (non-hydrogen) atoms. The molecule has 4 nitrogen and oxygen atoms in total. The van der Waals surface area contributed by atoms with Gasteiger partial charge in [0.25, 0.3) is 5.91 Å². The van der Waals surface area contributed by atoms with Crippen LogP contribution in [-0.4, -0.2) is 26.1 Å². The van der Waals surface area contributed by atoms with Gasteiger partial charge in [0.05, 0.1) is 0 Å². The van der Waals surface area contributed by atoms with Gasteiger partial charge in [0.15, 0.2) is 6.61 Å². The quantitative estimate of drug-likeness (QED) is 0.809. The molecular formula is C11H15ClN2O2. The molecule has 0 aliphatic heterocycles. The number of nitrogens with two attached hydrogens (primary N) is 1. The summed E-state index contributed by atoms with van der Waals surface area (Å²) in [5.74, 6) is 0.431. The van der Waals surface area contributed by atoms with Crippen molar-refractivity contribution in [1.29, 1.82) is 0 Å². The summed E-state index contributed by atoms with van der Waals surface area (Å²) >= 11 is 6.02. The first-order valence-electron chi connectivity index (χ1n) is 5.00. The Morgan fingerprint density at radius 3 is 2.94 bits per heavy atom. The van der Waals surface area contributed by atoms with Crippen LogP contribution >= 0.6 is 11.6 Å². The van der Waals surface area contributed by atoms with Crippen molar-refractivity contribution in [3.63, 3.8) is 0 Å². The predicted octanol–water partition coefficient (Wildman–Crippen LogP) is 0.966. The Labute approximate surface area is 99.7 Å². The molecular weight excluding hydrogens is 228 g/mol. The maximum Gasteiger partial charge on any atom is 0.257 e. The van der Waals surface area contributed by atoms with Crippen molar-refractivity contribution in [2.75, 3.05) is 20.2 Å². The van der Waals surface area contributed by atoms with E-state index in [9.17, 15) is 4.79 Å². The molecule has 1 rings (SSSR count).